The first-order chi connectivity index (χ1) is 16.1. The van der Waals surface area contributed by atoms with E-state index in [-0.39, 0.29) is 17.9 Å². The fourth-order valence-corrected chi connectivity index (χ4v) is 4.18. The highest BCUT2D eigenvalue weighted by molar-refractivity contribution is 6.16. The molecule has 33 heavy (non-hydrogen) atoms. The van der Waals surface area contributed by atoms with Crippen molar-refractivity contribution in [3.63, 3.8) is 0 Å². The number of Topliss-reactive ketones (excluding diaryl/α,β-unsaturated/α-hetero) is 1. The summed E-state index contributed by atoms with van der Waals surface area (Å²) in [5, 5.41) is 11.6. The largest absolute Gasteiger partial charge is 0.503 e. The van der Waals surface area contributed by atoms with Crippen molar-refractivity contribution in [1.29, 1.82) is 0 Å². The van der Waals surface area contributed by atoms with Gasteiger partial charge in [-0.25, -0.2) is 0 Å². The van der Waals surface area contributed by atoms with E-state index in [4.69, 9.17) is 9.15 Å². The Bertz CT molecular complexity index is 1340. The van der Waals surface area contributed by atoms with E-state index >= 15 is 0 Å². The number of furan rings is 1. The number of carbonyl (C=O) groups excluding carboxylic acids is 2. The van der Waals surface area contributed by atoms with Gasteiger partial charge in [0.1, 0.15) is 11.3 Å². The molecule has 1 unspecified atom stereocenters. The SMILES string of the molecule is COc1ccc(CN2C(=O)C(O)=C(C(=O)c3cc4ccccc4o3)C2c2ccccc2)cc1. The van der Waals surface area contributed by atoms with Crippen LogP contribution < -0.4 is 4.74 Å². The number of fused-ring (bicyclic) bond motifs is 1. The van der Waals surface area contributed by atoms with Gasteiger partial charge in [0, 0.05) is 11.9 Å². The average Bonchev–Trinajstić information content (AvgIpc) is 3.40. The summed E-state index contributed by atoms with van der Waals surface area (Å²) in [4.78, 5) is 28.2. The van der Waals surface area contributed by atoms with E-state index in [1.54, 1.807) is 31.4 Å². The summed E-state index contributed by atoms with van der Waals surface area (Å²) < 4.78 is 11.0. The van der Waals surface area contributed by atoms with Crippen molar-refractivity contribution < 1.29 is 23.8 Å². The van der Waals surface area contributed by atoms with Crippen molar-refractivity contribution in [3.05, 3.63) is 113 Å². The molecule has 0 spiro atoms. The second kappa shape index (κ2) is 8.31. The molecule has 1 aromatic heterocycles. The second-order valence-electron chi connectivity index (χ2n) is 7.83. The summed E-state index contributed by atoms with van der Waals surface area (Å²) in [5.74, 6) is -0.879. The highest BCUT2D eigenvalue weighted by Crippen LogP contribution is 2.40. The molecule has 0 saturated carbocycles. The Balaban J connectivity index is 1.56. The van der Waals surface area contributed by atoms with Gasteiger partial charge in [-0.2, -0.15) is 0 Å². The third-order valence-electron chi connectivity index (χ3n) is 5.82. The minimum Gasteiger partial charge on any atom is -0.503 e. The maximum Gasteiger partial charge on any atom is 0.290 e. The van der Waals surface area contributed by atoms with Gasteiger partial charge in [-0.3, -0.25) is 9.59 Å². The van der Waals surface area contributed by atoms with Crippen LogP contribution in [0.4, 0.5) is 0 Å². The number of amides is 1. The maximum atomic E-state index is 13.5. The number of methoxy groups -OCH3 is 1. The zero-order valence-corrected chi connectivity index (χ0v) is 17.9. The molecule has 0 saturated heterocycles. The minimum absolute atomic E-state index is 0.0127. The summed E-state index contributed by atoms with van der Waals surface area (Å²) in [6.45, 7) is 0.212. The van der Waals surface area contributed by atoms with Gasteiger partial charge in [-0.15, -0.1) is 0 Å². The van der Waals surface area contributed by atoms with Crippen LogP contribution in [0.5, 0.6) is 5.75 Å². The summed E-state index contributed by atoms with van der Waals surface area (Å²) in [7, 11) is 1.59. The van der Waals surface area contributed by atoms with E-state index < -0.39 is 23.5 Å². The standard InChI is InChI=1S/C27H21NO5/c1-32-20-13-11-17(12-14-20)16-28-24(18-7-3-2-4-8-18)23(26(30)27(28)31)25(29)22-15-19-9-5-6-10-21(19)33-22/h2-15,24,30H,16H2,1H3. The number of carbonyl (C=O) groups is 2. The lowest BCUT2D eigenvalue weighted by molar-refractivity contribution is -0.130. The highest BCUT2D eigenvalue weighted by atomic mass is 16.5. The van der Waals surface area contributed by atoms with Gasteiger partial charge in [-0.05, 0) is 35.4 Å². The second-order valence-corrected chi connectivity index (χ2v) is 7.83. The maximum absolute atomic E-state index is 13.5. The predicted octanol–water partition coefficient (Wildman–Crippen LogP) is 5.22. The van der Waals surface area contributed by atoms with Gasteiger partial charge in [-0.1, -0.05) is 60.7 Å². The number of para-hydroxylation sites is 1. The molecule has 0 aliphatic carbocycles. The number of hydrogen-bond donors (Lipinski definition) is 1. The Morgan fingerprint density at radius 2 is 1.70 bits per heavy atom. The molecule has 2 heterocycles. The van der Waals surface area contributed by atoms with Crippen LogP contribution in [-0.2, 0) is 11.3 Å². The monoisotopic (exact) mass is 439 g/mol. The molecule has 0 bridgehead atoms. The quantitative estimate of drug-likeness (QED) is 0.417. The van der Waals surface area contributed by atoms with Gasteiger partial charge < -0.3 is 19.2 Å². The Hall–Kier alpha value is -4.32. The molecule has 0 fully saturated rings. The first kappa shape index (κ1) is 20.6. The van der Waals surface area contributed by atoms with Gasteiger partial charge >= 0.3 is 0 Å². The molecule has 164 valence electrons. The van der Waals surface area contributed by atoms with E-state index in [0.29, 0.717) is 11.3 Å². The summed E-state index contributed by atoms with van der Waals surface area (Å²) in [5.41, 5.74) is 2.15. The third kappa shape index (κ3) is 3.65. The number of hydrogen-bond acceptors (Lipinski definition) is 5. The van der Waals surface area contributed by atoms with Crippen molar-refractivity contribution in [1.82, 2.24) is 4.90 Å². The summed E-state index contributed by atoms with van der Waals surface area (Å²) in [6, 6.07) is 24.7. The van der Waals surface area contributed by atoms with Crippen molar-refractivity contribution in [2.75, 3.05) is 7.11 Å². The molecular formula is C27H21NO5. The van der Waals surface area contributed by atoms with Crippen LogP contribution in [0.2, 0.25) is 0 Å². The fraction of sp³-hybridized carbons (Fsp3) is 0.111. The molecule has 1 N–H and O–H groups in total. The topological polar surface area (TPSA) is 80.0 Å². The Labute approximate surface area is 190 Å². The van der Waals surface area contributed by atoms with Crippen LogP contribution >= 0.6 is 0 Å². The van der Waals surface area contributed by atoms with E-state index in [9.17, 15) is 14.7 Å². The van der Waals surface area contributed by atoms with Crippen molar-refractivity contribution in [2.45, 2.75) is 12.6 Å². The fourth-order valence-electron chi connectivity index (χ4n) is 4.18. The van der Waals surface area contributed by atoms with Crippen LogP contribution in [0.3, 0.4) is 0 Å². The number of aliphatic hydroxyl groups is 1. The highest BCUT2D eigenvalue weighted by Gasteiger charge is 2.44. The molecule has 3 aromatic carbocycles. The summed E-state index contributed by atoms with van der Waals surface area (Å²) >= 11 is 0. The molecule has 1 amide bonds. The van der Waals surface area contributed by atoms with Crippen LogP contribution in [-0.4, -0.2) is 28.8 Å². The Kier molecular flexibility index (Phi) is 5.18. The molecule has 5 rings (SSSR count). The van der Waals surface area contributed by atoms with Gasteiger partial charge in [0.15, 0.2) is 11.5 Å². The zero-order valence-electron chi connectivity index (χ0n) is 17.9. The number of ether oxygens (including phenoxy) is 1. The van der Waals surface area contributed by atoms with Crippen molar-refractivity contribution >= 4 is 22.7 Å². The van der Waals surface area contributed by atoms with Crippen molar-refractivity contribution in [3.8, 4) is 5.75 Å². The summed E-state index contributed by atoms with van der Waals surface area (Å²) in [6.07, 6.45) is 0. The molecule has 0 radical (unpaired) electrons. The third-order valence-corrected chi connectivity index (χ3v) is 5.82. The van der Waals surface area contributed by atoms with E-state index in [2.05, 4.69) is 0 Å². The molecular weight excluding hydrogens is 418 g/mol. The number of aliphatic hydroxyl groups excluding tert-OH is 1. The lowest BCUT2D eigenvalue weighted by Gasteiger charge is -2.26. The van der Waals surface area contributed by atoms with Crippen LogP contribution in [0.15, 0.2) is 101 Å². The predicted molar refractivity (Wildman–Crippen MR) is 123 cm³/mol. The molecule has 6 heteroatoms. The zero-order chi connectivity index (χ0) is 22.9. The Morgan fingerprint density at radius 1 is 1.00 bits per heavy atom. The lowest BCUT2D eigenvalue weighted by Crippen LogP contribution is -2.30. The first-order valence-electron chi connectivity index (χ1n) is 10.5. The molecule has 1 aliphatic heterocycles. The van der Waals surface area contributed by atoms with Gasteiger partial charge in [0.25, 0.3) is 5.91 Å². The number of ketones is 1. The van der Waals surface area contributed by atoms with Crippen LogP contribution in [0.25, 0.3) is 11.0 Å². The van der Waals surface area contributed by atoms with Crippen molar-refractivity contribution in [2.24, 2.45) is 0 Å². The molecule has 1 aliphatic rings. The smallest absolute Gasteiger partial charge is 0.290 e. The van der Waals surface area contributed by atoms with E-state index in [0.717, 1.165) is 16.5 Å². The minimum atomic E-state index is -0.749. The van der Waals surface area contributed by atoms with Gasteiger partial charge in [0.05, 0.1) is 18.7 Å². The molecule has 1 atom stereocenters. The number of nitrogens with zero attached hydrogens (tertiary/aromatic N) is 1. The van der Waals surface area contributed by atoms with E-state index in [1.165, 1.54) is 4.90 Å². The van der Waals surface area contributed by atoms with Gasteiger partial charge in [0.2, 0.25) is 5.78 Å². The molecule has 6 nitrogen and oxygen atoms in total. The first-order valence-corrected chi connectivity index (χ1v) is 10.5. The lowest BCUT2D eigenvalue weighted by atomic mass is 9.95. The van der Waals surface area contributed by atoms with Crippen LogP contribution in [0, 0.1) is 0 Å². The average molecular weight is 439 g/mol. The van der Waals surface area contributed by atoms with Crippen LogP contribution in [0.1, 0.15) is 27.7 Å². The number of rotatable bonds is 6. The van der Waals surface area contributed by atoms with E-state index in [1.807, 2.05) is 60.7 Å². The normalized spacial score (nSPS) is 16.0. The Morgan fingerprint density at radius 3 is 2.39 bits per heavy atom. The molecule has 4 aromatic rings. The number of benzene rings is 3.